The smallest absolute Gasteiger partial charge is 0.273 e. The van der Waals surface area contributed by atoms with Crippen LogP contribution in [0.5, 0.6) is 5.75 Å². The zero-order valence-electron chi connectivity index (χ0n) is 15.3. The summed E-state index contributed by atoms with van der Waals surface area (Å²) in [6.07, 6.45) is 3.91. The van der Waals surface area contributed by atoms with Crippen LogP contribution in [0.25, 0.3) is 0 Å². The van der Waals surface area contributed by atoms with E-state index in [1.807, 2.05) is 32.0 Å². The number of hydrogen-bond acceptors (Lipinski definition) is 5. The Bertz CT molecular complexity index is 839. The molecule has 0 unspecified atom stereocenters. The molecule has 1 fully saturated rings. The van der Waals surface area contributed by atoms with Crippen LogP contribution in [0.3, 0.4) is 0 Å². The van der Waals surface area contributed by atoms with E-state index in [2.05, 4.69) is 9.97 Å². The number of hydrogen-bond donors (Lipinski definition) is 1. The molecular weight excluding hydrogens is 328 g/mol. The average molecular weight is 352 g/mol. The van der Waals surface area contributed by atoms with Gasteiger partial charge in [-0.15, -0.1) is 0 Å². The topological polar surface area (TPSA) is 81.3 Å². The maximum Gasteiger partial charge on any atom is 0.273 e. The number of aromatic nitrogens is 2. The largest absolute Gasteiger partial charge is 0.486 e. The van der Waals surface area contributed by atoms with Gasteiger partial charge in [-0.05, 0) is 50.7 Å². The minimum atomic E-state index is -0.0568. The number of ether oxygens (including phenoxy) is 1. The van der Waals surface area contributed by atoms with Crippen LogP contribution in [0.2, 0.25) is 0 Å². The van der Waals surface area contributed by atoms with Crippen LogP contribution in [0, 0.1) is 13.8 Å². The molecule has 136 valence electrons. The van der Waals surface area contributed by atoms with Gasteiger partial charge >= 0.3 is 0 Å². The number of nitrogens with two attached hydrogens (primary N) is 1. The summed E-state index contributed by atoms with van der Waals surface area (Å²) in [7, 11) is 0. The fourth-order valence-electron chi connectivity index (χ4n) is 3.77. The van der Waals surface area contributed by atoms with Gasteiger partial charge in [0.05, 0.1) is 13.1 Å². The van der Waals surface area contributed by atoms with Gasteiger partial charge in [0.15, 0.2) is 0 Å². The SMILES string of the molecule is Cc1cccc(C)c1OC1CN(C(=O)c2nc(N)nc3c2CCCC3)C1. The molecule has 1 aliphatic heterocycles. The highest BCUT2D eigenvalue weighted by Crippen LogP contribution is 2.28. The van der Waals surface area contributed by atoms with Crippen LogP contribution in [0.4, 0.5) is 5.95 Å². The molecule has 1 aromatic carbocycles. The second kappa shape index (κ2) is 6.59. The minimum Gasteiger partial charge on any atom is -0.486 e. The lowest BCUT2D eigenvalue weighted by molar-refractivity contribution is 0.0167. The van der Waals surface area contributed by atoms with E-state index < -0.39 is 0 Å². The predicted octanol–water partition coefficient (Wildman–Crippen LogP) is 2.46. The fourth-order valence-corrected chi connectivity index (χ4v) is 3.77. The Hall–Kier alpha value is -2.63. The molecule has 1 aliphatic carbocycles. The highest BCUT2D eigenvalue weighted by Gasteiger charge is 2.35. The standard InChI is InChI=1S/C20H24N4O2/c1-12-6-5-7-13(2)18(12)26-14-10-24(11-14)19(25)17-15-8-3-4-9-16(15)22-20(21)23-17/h5-7,14H,3-4,8-11H2,1-2H3,(H2,21,22,23). The molecule has 1 aromatic heterocycles. The number of para-hydroxylation sites is 1. The molecule has 1 amide bonds. The Morgan fingerprint density at radius 3 is 2.58 bits per heavy atom. The summed E-state index contributed by atoms with van der Waals surface area (Å²) in [5.74, 6) is 1.06. The number of rotatable bonds is 3. The van der Waals surface area contributed by atoms with E-state index >= 15 is 0 Å². The molecule has 2 aliphatic rings. The number of carbonyl (C=O) groups excluding carboxylic acids is 1. The number of nitrogen functional groups attached to an aromatic ring is 1. The maximum absolute atomic E-state index is 12.9. The first-order valence-corrected chi connectivity index (χ1v) is 9.20. The van der Waals surface area contributed by atoms with Gasteiger partial charge < -0.3 is 15.4 Å². The number of carbonyl (C=O) groups is 1. The van der Waals surface area contributed by atoms with Crippen LogP contribution in [0.1, 0.15) is 45.7 Å². The van der Waals surface area contributed by atoms with Crippen molar-refractivity contribution >= 4 is 11.9 Å². The number of aryl methyl sites for hydroxylation is 3. The minimum absolute atomic E-state index is 0.0220. The molecule has 0 spiro atoms. The predicted molar refractivity (Wildman–Crippen MR) is 99.3 cm³/mol. The number of amides is 1. The number of benzene rings is 1. The van der Waals surface area contributed by atoms with Crippen molar-refractivity contribution in [2.75, 3.05) is 18.8 Å². The van der Waals surface area contributed by atoms with Gasteiger partial charge in [-0.3, -0.25) is 4.79 Å². The fraction of sp³-hybridized carbons (Fsp3) is 0.450. The highest BCUT2D eigenvalue weighted by molar-refractivity contribution is 5.95. The van der Waals surface area contributed by atoms with E-state index in [-0.39, 0.29) is 18.0 Å². The van der Waals surface area contributed by atoms with Crippen molar-refractivity contribution < 1.29 is 9.53 Å². The van der Waals surface area contributed by atoms with Crippen molar-refractivity contribution in [1.29, 1.82) is 0 Å². The highest BCUT2D eigenvalue weighted by atomic mass is 16.5. The summed E-state index contributed by atoms with van der Waals surface area (Å²) < 4.78 is 6.11. The maximum atomic E-state index is 12.9. The normalized spacial score (nSPS) is 16.8. The summed E-state index contributed by atoms with van der Waals surface area (Å²) in [4.78, 5) is 23.3. The van der Waals surface area contributed by atoms with Crippen LogP contribution in [-0.2, 0) is 12.8 Å². The third-order valence-corrected chi connectivity index (χ3v) is 5.23. The monoisotopic (exact) mass is 352 g/mol. The van der Waals surface area contributed by atoms with Gasteiger partial charge in [0.2, 0.25) is 5.95 Å². The number of fused-ring (bicyclic) bond motifs is 1. The van der Waals surface area contributed by atoms with Crippen LogP contribution >= 0.6 is 0 Å². The van der Waals surface area contributed by atoms with Crippen molar-refractivity contribution in [3.8, 4) is 5.75 Å². The molecule has 0 saturated carbocycles. The van der Waals surface area contributed by atoms with Crippen molar-refractivity contribution in [2.24, 2.45) is 0 Å². The molecule has 2 aromatic rings. The van der Waals surface area contributed by atoms with Gasteiger partial charge in [-0.25, -0.2) is 9.97 Å². The Morgan fingerprint density at radius 2 is 1.85 bits per heavy atom. The summed E-state index contributed by atoms with van der Waals surface area (Å²) in [6, 6.07) is 6.11. The van der Waals surface area contributed by atoms with Gasteiger partial charge in [0.1, 0.15) is 17.5 Å². The molecule has 2 N–H and O–H groups in total. The molecule has 1 saturated heterocycles. The van der Waals surface area contributed by atoms with Crippen molar-refractivity contribution in [1.82, 2.24) is 14.9 Å². The number of anilines is 1. The zero-order chi connectivity index (χ0) is 18.3. The molecule has 4 rings (SSSR count). The molecule has 2 heterocycles. The van der Waals surface area contributed by atoms with E-state index in [9.17, 15) is 4.79 Å². The van der Waals surface area contributed by atoms with Crippen LogP contribution in [0.15, 0.2) is 18.2 Å². The molecule has 26 heavy (non-hydrogen) atoms. The summed E-state index contributed by atoms with van der Waals surface area (Å²) >= 11 is 0. The average Bonchev–Trinajstić information content (AvgIpc) is 2.58. The quantitative estimate of drug-likeness (QED) is 0.918. The summed E-state index contributed by atoms with van der Waals surface area (Å²) in [5.41, 5.74) is 10.5. The first kappa shape index (κ1) is 16.8. The Morgan fingerprint density at radius 1 is 1.15 bits per heavy atom. The lowest BCUT2D eigenvalue weighted by Gasteiger charge is -2.39. The Balaban J connectivity index is 1.46. The second-order valence-corrected chi connectivity index (χ2v) is 7.23. The van der Waals surface area contributed by atoms with Gasteiger partial charge in [-0.1, -0.05) is 18.2 Å². The van der Waals surface area contributed by atoms with Crippen molar-refractivity contribution in [3.05, 3.63) is 46.3 Å². The molecule has 0 bridgehead atoms. The third kappa shape index (κ3) is 3.00. The molecule has 0 atom stereocenters. The van der Waals surface area contributed by atoms with Gasteiger partial charge in [0, 0.05) is 11.3 Å². The van der Waals surface area contributed by atoms with E-state index in [0.717, 1.165) is 53.8 Å². The summed E-state index contributed by atoms with van der Waals surface area (Å²) in [5, 5.41) is 0. The third-order valence-electron chi connectivity index (χ3n) is 5.23. The van der Waals surface area contributed by atoms with E-state index in [1.165, 1.54) is 0 Å². The molecule has 0 radical (unpaired) electrons. The number of likely N-dealkylation sites (tertiary alicyclic amines) is 1. The van der Waals surface area contributed by atoms with Gasteiger partial charge in [-0.2, -0.15) is 0 Å². The molecular formula is C20H24N4O2. The Labute approximate surface area is 153 Å². The van der Waals surface area contributed by atoms with Crippen LogP contribution in [-0.4, -0.2) is 40.0 Å². The molecule has 6 nitrogen and oxygen atoms in total. The van der Waals surface area contributed by atoms with E-state index in [4.69, 9.17) is 10.5 Å². The first-order chi connectivity index (χ1) is 12.5. The summed E-state index contributed by atoms with van der Waals surface area (Å²) in [6.45, 7) is 5.23. The lowest BCUT2D eigenvalue weighted by Crippen LogP contribution is -2.56. The zero-order valence-corrected chi connectivity index (χ0v) is 15.3. The number of nitrogens with zero attached hydrogens (tertiary/aromatic N) is 3. The van der Waals surface area contributed by atoms with E-state index in [1.54, 1.807) is 4.90 Å². The molecule has 6 heteroatoms. The lowest BCUT2D eigenvalue weighted by atomic mass is 9.94. The Kier molecular flexibility index (Phi) is 4.26. The van der Waals surface area contributed by atoms with E-state index in [0.29, 0.717) is 18.8 Å². The second-order valence-electron chi connectivity index (χ2n) is 7.23. The first-order valence-electron chi connectivity index (χ1n) is 9.20. The van der Waals surface area contributed by atoms with Crippen LogP contribution < -0.4 is 10.5 Å². The van der Waals surface area contributed by atoms with Crippen molar-refractivity contribution in [2.45, 2.75) is 45.6 Å². The van der Waals surface area contributed by atoms with Crippen molar-refractivity contribution in [3.63, 3.8) is 0 Å². The van der Waals surface area contributed by atoms with Gasteiger partial charge in [0.25, 0.3) is 5.91 Å².